The Morgan fingerprint density at radius 2 is 2.05 bits per heavy atom. The zero-order valence-electron chi connectivity index (χ0n) is 13.1. The largest absolute Gasteiger partial charge is 0.396 e. The zero-order valence-corrected chi connectivity index (χ0v) is 13.9. The van der Waals surface area contributed by atoms with E-state index in [-0.39, 0.29) is 5.41 Å². The van der Waals surface area contributed by atoms with E-state index in [2.05, 4.69) is 31.1 Å². The number of aliphatic hydroxyl groups is 1. The van der Waals surface area contributed by atoms with E-state index in [4.69, 9.17) is 10.1 Å². The molecule has 1 aliphatic heterocycles. The predicted molar refractivity (Wildman–Crippen MR) is 85.4 cm³/mol. The summed E-state index contributed by atoms with van der Waals surface area (Å²) in [7, 11) is 0. The van der Waals surface area contributed by atoms with Crippen LogP contribution in [0.3, 0.4) is 0 Å². The molecule has 0 aromatic carbocycles. The smallest absolute Gasteiger partial charge is 0.0931 e. The first-order chi connectivity index (χ1) is 9.49. The van der Waals surface area contributed by atoms with E-state index >= 15 is 0 Å². The van der Waals surface area contributed by atoms with Crippen molar-refractivity contribution in [3.63, 3.8) is 0 Å². The Morgan fingerprint density at radius 1 is 1.35 bits per heavy atom. The Balaban J connectivity index is 1.79. The molecule has 3 nitrogen and oxygen atoms in total. The van der Waals surface area contributed by atoms with Crippen molar-refractivity contribution >= 4 is 11.3 Å². The Hall–Kier alpha value is -0.450. The van der Waals surface area contributed by atoms with Crippen LogP contribution >= 0.6 is 11.3 Å². The van der Waals surface area contributed by atoms with Gasteiger partial charge in [-0.3, -0.25) is 0 Å². The molecule has 1 saturated heterocycles. The summed E-state index contributed by atoms with van der Waals surface area (Å²) in [6, 6.07) is 0. The molecule has 1 N–H and O–H groups in total. The number of hydrogen-bond acceptors (Lipinski definition) is 4. The van der Waals surface area contributed by atoms with Crippen molar-refractivity contribution in [2.24, 2.45) is 5.92 Å². The number of nitrogens with zero attached hydrogens (tertiary/aromatic N) is 2. The minimum absolute atomic E-state index is 0.169. The molecule has 0 spiro atoms. The highest BCUT2D eigenvalue weighted by atomic mass is 32.1. The second-order valence-electron chi connectivity index (χ2n) is 6.94. The van der Waals surface area contributed by atoms with Crippen LogP contribution < -0.4 is 0 Å². The van der Waals surface area contributed by atoms with E-state index in [9.17, 15) is 0 Å². The van der Waals surface area contributed by atoms with Gasteiger partial charge in [-0.2, -0.15) is 0 Å². The van der Waals surface area contributed by atoms with Gasteiger partial charge in [0.1, 0.15) is 0 Å². The molecule has 0 atom stereocenters. The summed E-state index contributed by atoms with van der Waals surface area (Å²) in [5.41, 5.74) is 1.40. The molecule has 0 saturated carbocycles. The van der Waals surface area contributed by atoms with Gasteiger partial charge in [0, 0.05) is 30.4 Å². The van der Waals surface area contributed by atoms with Crippen molar-refractivity contribution in [2.45, 2.75) is 51.9 Å². The van der Waals surface area contributed by atoms with Gasteiger partial charge in [0.2, 0.25) is 0 Å². The molecule has 0 amide bonds. The van der Waals surface area contributed by atoms with E-state index in [0.29, 0.717) is 6.61 Å². The number of likely N-dealkylation sites (tertiary alicyclic amines) is 1. The maximum Gasteiger partial charge on any atom is 0.0931 e. The summed E-state index contributed by atoms with van der Waals surface area (Å²) >= 11 is 1.83. The van der Waals surface area contributed by atoms with Gasteiger partial charge in [-0.1, -0.05) is 20.8 Å². The summed E-state index contributed by atoms with van der Waals surface area (Å²) in [6.45, 7) is 10.4. The topological polar surface area (TPSA) is 36.4 Å². The fourth-order valence-electron chi connectivity index (χ4n) is 2.70. The van der Waals surface area contributed by atoms with E-state index in [1.807, 2.05) is 11.3 Å². The molecule has 2 rings (SSSR count). The van der Waals surface area contributed by atoms with Crippen LogP contribution in [0.25, 0.3) is 0 Å². The first-order valence-corrected chi connectivity index (χ1v) is 8.65. The Bertz CT molecular complexity index is 403. The highest BCUT2D eigenvalue weighted by molar-refractivity contribution is 7.09. The standard InChI is InChI=1S/C16H28N2OS/c1-16(2,3)14-12-20-15(17-14)11-13-5-8-18(9-6-13)7-4-10-19/h12-13,19H,4-11H2,1-3H3. The molecule has 0 radical (unpaired) electrons. The summed E-state index contributed by atoms with van der Waals surface area (Å²) < 4.78 is 0. The monoisotopic (exact) mass is 296 g/mol. The molecule has 1 aliphatic rings. The van der Waals surface area contributed by atoms with Gasteiger partial charge in [-0.25, -0.2) is 4.98 Å². The average molecular weight is 296 g/mol. The molecule has 4 heteroatoms. The van der Waals surface area contributed by atoms with Crippen LogP contribution in [0.2, 0.25) is 0 Å². The van der Waals surface area contributed by atoms with Crippen molar-refractivity contribution < 1.29 is 5.11 Å². The minimum Gasteiger partial charge on any atom is -0.396 e. The Kier molecular flexibility index (Phi) is 5.58. The number of aliphatic hydroxyl groups excluding tert-OH is 1. The lowest BCUT2D eigenvalue weighted by Gasteiger charge is -2.31. The third-order valence-corrected chi connectivity index (χ3v) is 4.99. The lowest BCUT2D eigenvalue weighted by Crippen LogP contribution is -2.35. The maximum absolute atomic E-state index is 8.88. The molecular formula is C16H28N2OS. The molecule has 0 aliphatic carbocycles. The quantitative estimate of drug-likeness (QED) is 0.907. The van der Waals surface area contributed by atoms with Crippen LogP contribution in [-0.4, -0.2) is 41.2 Å². The summed E-state index contributed by atoms with van der Waals surface area (Å²) in [6.07, 6.45) is 4.60. The SMILES string of the molecule is CC(C)(C)c1csc(CC2CCN(CCCO)CC2)n1. The second-order valence-corrected chi connectivity index (χ2v) is 7.89. The van der Waals surface area contributed by atoms with Crippen molar-refractivity contribution in [3.05, 3.63) is 16.1 Å². The van der Waals surface area contributed by atoms with Crippen LogP contribution in [0.15, 0.2) is 5.38 Å². The van der Waals surface area contributed by atoms with E-state index < -0.39 is 0 Å². The van der Waals surface area contributed by atoms with Crippen LogP contribution in [0.1, 0.15) is 50.7 Å². The molecule has 0 unspecified atom stereocenters. The predicted octanol–water partition coefficient (Wildman–Crippen LogP) is 3.08. The minimum atomic E-state index is 0.169. The molecule has 1 aromatic rings. The third-order valence-electron chi connectivity index (χ3n) is 4.12. The maximum atomic E-state index is 8.88. The van der Waals surface area contributed by atoms with E-state index in [1.54, 1.807) is 0 Å². The Labute approximate surface area is 127 Å². The van der Waals surface area contributed by atoms with Crippen LogP contribution in [-0.2, 0) is 11.8 Å². The molecule has 0 bridgehead atoms. The molecule has 1 aromatic heterocycles. The van der Waals surface area contributed by atoms with Gasteiger partial charge < -0.3 is 10.0 Å². The van der Waals surface area contributed by atoms with Gasteiger partial charge in [-0.05, 0) is 38.3 Å². The van der Waals surface area contributed by atoms with Gasteiger partial charge in [0.25, 0.3) is 0 Å². The van der Waals surface area contributed by atoms with Crippen molar-refractivity contribution in [3.8, 4) is 0 Å². The lowest BCUT2D eigenvalue weighted by atomic mass is 9.92. The zero-order chi connectivity index (χ0) is 14.6. The van der Waals surface area contributed by atoms with Crippen LogP contribution in [0.5, 0.6) is 0 Å². The fourth-order valence-corrected chi connectivity index (χ4v) is 3.84. The lowest BCUT2D eigenvalue weighted by molar-refractivity contribution is 0.167. The highest BCUT2D eigenvalue weighted by Gasteiger charge is 2.22. The Morgan fingerprint density at radius 3 is 2.60 bits per heavy atom. The van der Waals surface area contributed by atoms with Gasteiger partial charge in [0.05, 0.1) is 10.7 Å². The average Bonchev–Trinajstić information content (AvgIpc) is 2.86. The van der Waals surface area contributed by atoms with Gasteiger partial charge in [-0.15, -0.1) is 11.3 Å². The van der Waals surface area contributed by atoms with Crippen molar-refractivity contribution in [1.29, 1.82) is 0 Å². The van der Waals surface area contributed by atoms with Crippen LogP contribution in [0.4, 0.5) is 0 Å². The van der Waals surface area contributed by atoms with Gasteiger partial charge in [0.15, 0.2) is 0 Å². The summed E-state index contributed by atoms with van der Waals surface area (Å²) in [5.74, 6) is 0.791. The van der Waals surface area contributed by atoms with Crippen molar-refractivity contribution in [1.82, 2.24) is 9.88 Å². The molecule has 1 fully saturated rings. The summed E-state index contributed by atoms with van der Waals surface area (Å²) in [4.78, 5) is 7.30. The van der Waals surface area contributed by atoms with E-state index in [1.165, 1.54) is 36.6 Å². The number of piperidine rings is 1. The van der Waals surface area contributed by atoms with Crippen molar-refractivity contribution in [2.75, 3.05) is 26.2 Å². The molecule has 114 valence electrons. The number of thiazole rings is 1. The first kappa shape index (κ1) is 15.9. The third kappa shape index (κ3) is 4.54. The van der Waals surface area contributed by atoms with E-state index in [0.717, 1.165) is 25.3 Å². The molecular weight excluding hydrogens is 268 g/mol. The van der Waals surface area contributed by atoms with Crippen LogP contribution in [0, 0.1) is 5.92 Å². The molecule has 20 heavy (non-hydrogen) atoms. The number of aromatic nitrogens is 1. The van der Waals surface area contributed by atoms with Gasteiger partial charge >= 0.3 is 0 Å². The number of rotatable bonds is 5. The first-order valence-electron chi connectivity index (χ1n) is 7.77. The summed E-state index contributed by atoms with van der Waals surface area (Å²) in [5, 5.41) is 12.4. The molecule has 2 heterocycles. The number of hydrogen-bond donors (Lipinski definition) is 1. The highest BCUT2D eigenvalue weighted by Crippen LogP contribution is 2.27. The fraction of sp³-hybridized carbons (Fsp3) is 0.812. The normalized spacial score (nSPS) is 18.6. The second kappa shape index (κ2) is 7.01.